The third kappa shape index (κ3) is 42.2. The molecule has 0 aliphatic carbocycles. The van der Waals surface area contributed by atoms with Gasteiger partial charge >= 0.3 is 17.9 Å². The number of amides is 14. The van der Waals surface area contributed by atoms with E-state index in [9.17, 15) is 107 Å². The van der Waals surface area contributed by atoms with Gasteiger partial charge in [-0.05, 0) is 112 Å². The van der Waals surface area contributed by atoms with Crippen molar-refractivity contribution in [2.75, 3.05) is 51.4 Å². The lowest BCUT2D eigenvalue weighted by molar-refractivity contribution is -0.142. The van der Waals surface area contributed by atoms with Gasteiger partial charge in [-0.15, -0.1) is 0 Å². The van der Waals surface area contributed by atoms with E-state index < -0.39 is 248 Å². The van der Waals surface area contributed by atoms with Gasteiger partial charge in [-0.25, -0.2) is 9.78 Å². The predicted octanol–water partition coefficient (Wildman–Crippen LogP) is -6.48. The molecule has 46 nitrogen and oxygen atoms in total. The molecule has 2 aromatic rings. The fraction of sp³-hybridized carbons (Fsp3) is 0.646. The second kappa shape index (κ2) is 59.1. The number of nitrogens with one attached hydrogen (secondary N) is 15. The van der Waals surface area contributed by atoms with Gasteiger partial charge in [0.2, 0.25) is 82.7 Å². The Morgan fingerprint density at radius 1 is 0.452 bits per heavy atom. The molecule has 2 rings (SSSR count). The number of carbonyl (C=O) groups is 17. The van der Waals surface area contributed by atoms with Crippen molar-refractivity contribution in [1.82, 2.24) is 84.4 Å². The van der Waals surface area contributed by atoms with Crippen molar-refractivity contribution < 1.29 is 107 Å². The highest BCUT2D eigenvalue weighted by atomic mass is 32.2. The number of nitrogens with zero attached hydrogens (tertiary/aromatic N) is 3. The maximum absolute atomic E-state index is 14.8. The number of unbranched alkanes of at least 4 members (excludes halogenated alkanes) is 1. The molecule has 32 N–H and O–H groups in total. The van der Waals surface area contributed by atoms with E-state index in [1.165, 1.54) is 38.1 Å². The second-order valence-corrected chi connectivity index (χ2v) is 32.1. The van der Waals surface area contributed by atoms with Gasteiger partial charge in [0.25, 0.3) is 0 Å². The molecule has 14 amide bonds. The van der Waals surface area contributed by atoms with Gasteiger partial charge in [0.05, 0.1) is 32.1 Å². The number of hydrogen-bond acceptors (Lipinski definition) is 25. The highest BCUT2D eigenvalue weighted by molar-refractivity contribution is 7.98. The van der Waals surface area contributed by atoms with E-state index in [2.05, 4.69) is 94.4 Å². The van der Waals surface area contributed by atoms with E-state index in [0.29, 0.717) is 30.7 Å². The summed E-state index contributed by atoms with van der Waals surface area (Å²) < 4.78 is 0. The van der Waals surface area contributed by atoms with Crippen LogP contribution in [-0.4, -0.2) is 284 Å². The molecule has 0 saturated heterocycles. The number of imidazole rings is 1. The number of nitrogens with two attached hydrogens (primary N) is 6. The Morgan fingerprint density at radius 2 is 0.857 bits per heavy atom. The minimum absolute atomic E-state index is 0.00580. The van der Waals surface area contributed by atoms with Crippen LogP contribution < -0.4 is 109 Å². The first-order valence-corrected chi connectivity index (χ1v) is 43.1. The summed E-state index contributed by atoms with van der Waals surface area (Å²) in [5, 5.41) is 85.4. The first-order chi connectivity index (χ1) is 59.5. The van der Waals surface area contributed by atoms with Crippen LogP contribution in [0.15, 0.2) is 52.8 Å². The molecule has 0 aliphatic heterocycles. The molecule has 47 heteroatoms. The molecular weight excluding hydrogens is 1670 g/mol. The number of guanidine groups is 2. The topological polar surface area (TPSA) is 769 Å². The molecule has 0 unspecified atom stereocenters. The van der Waals surface area contributed by atoms with Crippen LogP contribution >= 0.6 is 11.8 Å². The normalized spacial score (nSPS) is 14.9. The van der Waals surface area contributed by atoms with E-state index in [1.807, 2.05) is 0 Å². The number of rotatable bonds is 63. The summed E-state index contributed by atoms with van der Waals surface area (Å²) in [7, 11) is 0. The quantitative estimate of drug-likeness (QED) is 0.0166. The molecule has 1 heterocycles. The SMILES string of the molecule is CC[C@H](C)[C@H](NC(=O)[C@H](Cc1cnc[nH]1)NC(=O)[C@H](CCCN=C(N)N)NC(=O)[C@H](CO)NC(=O)[C@H](Cc1ccccc1)NC(=O)[C@H](CO)NC(=O)[C@H](CCC(=O)O)NC(=O)[C@@H](NC(=O)[C@@H](NC(=O)[C@H](CCC(=O)O)NC(=O)[C@@H](N)CCCCN)[C@@H](C)CC)C(C)C)C(=O)N[C@@H](CC(C)C)C(=O)NCC(=O)N[C@@H](CCCN=C(N)N)C(=O)N[C@@H](CCSC)C(=O)O. The van der Waals surface area contributed by atoms with Crippen molar-refractivity contribution in [3.63, 3.8) is 0 Å². The molecule has 0 spiro atoms. The third-order valence-electron chi connectivity index (χ3n) is 20.0. The largest absolute Gasteiger partial charge is 0.481 e. The maximum atomic E-state index is 14.8. The summed E-state index contributed by atoms with van der Waals surface area (Å²) in [5.74, 6) is -20.7. The number of carboxylic acids is 3. The van der Waals surface area contributed by atoms with Crippen LogP contribution in [0.4, 0.5) is 0 Å². The smallest absolute Gasteiger partial charge is 0.326 e. The number of aliphatic imine (C=N–C) groups is 2. The van der Waals surface area contributed by atoms with Crippen LogP contribution in [0.1, 0.15) is 163 Å². The molecular formula is C79H132N24O22S. The van der Waals surface area contributed by atoms with Gasteiger partial charge in [-0.3, -0.25) is 86.7 Å². The van der Waals surface area contributed by atoms with E-state index in [-0.39, 0.29) is 107 Å². The first kappa shape index (κ1) is 110. The Morgan fingerprint density at radius 3 is 1.30 bits per heavy atom. The fourth-order valence-corrected chi connectivity index (χ4v) is 12.9. The first-order valence-electron chi connectivity index (χ1n) is 41.7. The zero-order valence-electron chi connectivity index (χ0n) is 72.8. The van der Waals surface area contributed by atoms with Crippen LogP contribution in [0, 0.1) is 23.7 Å². The van der Waals surface area contributed by atoms with Crippen LogP contribution in [0.25, 0.3) is 0 Å². The highest BCUT2D eigenvalue weighted by Gasteiger charge is 2.40. The van der Waals surface area contributed by atoms with Crippen molar-refractivity contribution in [3.8, 4) is 0 Å². The van der Waals surface area contributed by atoms with Crippen molar-refractivity contribution in [1.29, 1.82) is 0 Å². The summed E-state index contributed by atoms with van der Waals surface area (Å²) in [6.07, 6.45) is 2.81. The summed E-state index contributed by atoms with van der Waals surface area (Å²) >= 11 is 1.36. The predicted molar refractivity (Wildman–Crippen MR) is 463 cm³/mol. The van der Waals surface area contributed by atoms with Crippen LogP contribution in [0.3, 0.4) is 0 Å². The number of hydrogen-bond donors (Lipinski definition) is 26. The summed E-state index contributed by atoms with van der Waals surface area (Å²) in [6.45, 7) is 10.3. The molecule has 0 bridgehead atoms. The van der Waals surface area contributed by atoms with E-state index >= 15 is 0 Å². The molecule has 126 heavy (non-hydrogen) atoms. The Hall–Kier alpha value is -11.8. The zero-order chi connectivity index (χ0) is 94.9. The Bertz CT molecular complexity index is 3930. The molecule has 0 radical (unpaired) electrons. The van der Waals surface area contributed by atoms with E-state index in [1.54, 1.807) is 78.1 Å². The fourth-order valence-electron chi connectivity index (χ4n) is 12.4. The number of carboxylic acid groups (broad SMARTS) is 3. The van der Waals surface area contributed by atoms with Gasteiger partial charge in [0.1, 0.15) is 78.5 Å². The van der Waals surface area contributed by atoms with Crippen molar-refractivity contribution in [2.24, 2.45) is 68.1 Å². The van der Waals surface area contributed by atoms with Crippen LogP contribution in [0.5, 0.6) is 0 Å². The van der Waals surface area contributed by atoms with Crippen molar-refractivity contribution >= 4 is 124 Å². The lowest BCUT2D eigenvalue weighted by atomic mass is 9.95. The maximum Gasteiger partial charge on any atom is 0.326 e. The summed E-state index contributed by atoms with van der Waals surface area (Å²) in [4.78, 5) is 249. The van der Waals surface area contributed by atoms with Crippen molar-refractivity contribution in [2.45, 2.75) is 249 Å². The minimum atomic E-state index is -1.99. The van der Waals surface area contributed by atoms with Gasteiger partial charge in [0, 0.05) is 50.7 Å². The van der Waals surface area contributed by atoms with Gasteiger partial charge in [-0.1, -0.05) is 105 Å². The van der Waals surface area contributed by atoms with E-state index in [4.69, 9.17) is 34.4 Å². The minimum Gasteiger partial charge on any atom is -0.481 e. The number of carbonyl (C=O) groups excluding carboxylic acids is 14. The summed E-state index contributed by atoms with van der Waals surface area (Å²) in [5.41, 5.74) is 34.4. The van der Waals surface area contributed by atoms with E-state index in [0.717, 1.165) is 0 Å². The average Bonchev–Trinajstić information content (AvgIpc) is 1.13. The molecule has 0 saturated carbocycles. The molecule has 1 aromatic carbocycles. The number of aliphatic hydroxyl groups excluding tert-OH is 2. The number of aromatic amines is 1. The Labute approximate surface area is 735 Å². The zero-order valence-corrected chi connectivity index (χ0v) is 73.6. The number of aliphatic hydroxyl groups is 2. The molecule has 16 atom stereocenters. The Kier molecular flexibility index (Phi) is 51.7. The lowest BCUT2D eigenvalue weighted by Gasteiger charge is -2.30. The third-order valence-corrected chi connectivity index (χ3v) is 20.7. The number of benzene rings is 1. The number of aliphatic carboxylic acids is 3. The molecule has 1 aromatic heterocycles. The molecule has 706 valence electrons. The highest BCUT2D eigenvalue weighted by Crippen LogP contribution is 2.17. The molecule has 0 aliphatic rings. The number of H-pyrrole nitrogens is 1. The summed E-state index contributed by atoms with van der Waals surface area (Å²) in [6, 6.07) is -13.8. The second-order valence-electron chi connectivity index (χ2n) is 31.1. The van der Waals surface area contributed by atoms with Crippen molar-refractivity contribution in [3.05, 3.63) is 54.1 Å². The van der Waals surface area contributed by atoms with Crippen LogP contribution in [0.2, 0.25) is 0 Å². The average molecular weight is 1800 g/mol. The monoisotopic (exact) mass is 1800 g/mol. The van der Waals surface area contributed by atoms with Gasteiger partial charge in [0.15, 0.2) is 11.9 Å². The molecule has 0 fully saturated rings. The Balaban J connectivity index is 2.54. The number of aromatic nitrogens is 2. The standard InChI is InChI=1S/C79H132N24O22S/c1-10-43(7)62(75(122)98-53(33-41(3)4)65(112)89-37-58(106)91-48(22-17-30-87-78(82)83)66(113)95-52(77(124)125)28-32-126-9)103-71(118)55(35-46-36-86-40-90-46)97-67(114)49(23-18-31-88-79(84)85)93-72(119)56(38-104)100-70(117)54(34-45-19-13-12-14-20-45)96-73(120)57(39-105)99-68(115)50(24-26-59(107)108)94-74(121)61(42(5)6)101-76(123)63(44(8)11-2)102-69(116)51(25-27-60(109)110)92-64(111)47(81)21-15-16-29-80/h12-14,19-20,36,40-44,47-57,61-63,104-105H,10-11,15-18,21-35,37-39,80-81H2,1-9H3,(H,86,90)(H,89,112)(H,91,106)(H,92,111)(H,93,119)(H,94,121)(H,95,113)(H,96,120)(H,97,114)(H,98,122)(H,99,115)(H,100,117)(H,101,123)(H,102,116)(H,103,118)(H,107,108)(H,109,110)(H,124,125)(H4,82,83,87)(H4,84,85,88)/t43-,44-,47-,48-,49-,50-,51-,52-,53-,54-,55-,56-,57-,61-,62-,63-/m0/s1. The number of thioether (sulfide) groups is 1. The van der Waals surface area contributed by atoms with Gasteiger partial charge in [-0.2, -0.15) is 11.8 Å². The van der Waals surface area contributed by atoms with Crippen LogP contribution in [-0.2, 0) is 94.3 Å². The lowest BCUT2D eigenvalue weighted by Crippen LogP contribution is -2.62. The van der Waals surface area contributed by atoms with Gasteiger partial charge < -0.3 is 139 Å².